The fourth-order valence-electron chi connectivity index (χ4n) is 1.92. The molecule has 0 saturated carbocycles. The lowest BCUT2D eigenvalue weighted by molar-refractivity contribution is 0.620. The van der Waals surface area contributed by atoms with Crippen LogP contribution in [0.1, 0.15) is 11.1 Å². The van der Waals surface area contributed by atoms with Crippen LogP contribution in [-0.4, -0.2) is 13.6 Å². The quantitative estimate of drug-likeness (QED) is 0.899. The van der Waals surface area contributed by atoms with E-state index in [-0.39, 0.29) is 5.82 Å². The Hall–Kier alpha value is -1.39. The number of rotatable bonds is 5. The van der Waals surface area contributed by atoms with Gasteiger partial charge < -0.3 is 10.6 Å². The zero-order valence-corrected chi connectivity index (χ0v) is 11.2. The molecular weight excluding hydrogens is 247 g/mol. The van der Waals surface area contributed by atoms with Crippen LogP contribution in [-0.2, 0) is 13.0 Å². The van der Waals surface area contributed by atoms with E-state index in [0.29, 0.717) is 18.7 Å². The summed E-state index contributed by atoms with van der Waals surface area (Å²) in [6.45, 7) is 1.26. The first-order valence-electron chi connectivity index (χ1n) is 5.91. The molecule has 2 N–H and O–H groups in total. The summed E-state index contributed by atoms with van der Waals surface area (Å²) in [5.74, 6) is -0.182. The van der Waals surface area contributed by atoms with Crippen molar-refractivity contribution in [2.45, 2.75) is 13.0 Å². The van der Waals surface area contributed by atoms with Crippen molar-refractivity contribution in [3.8, 4) is 0 Å². The minimum atomic E-state index is -0.182. The molecule has 0 amide bonds. The molecule has 2 aromatic rings. The minimum absolute atomic E-state index is 0.182. The lowest BCUT2D eigenvalue weighted by Gasteiger charge is -2.19. The van der Waals surface area contributed by atoms with E-state index in [2.05, 4.69) is 11.4 Å². The van der Waals surface area contributed by atoms with E-state index in [1.807, 2.05) is 29.5 Å². The molecule has 0 aliphatic rings. The Morgan fingerprint density at radius 3 is 2.72 bits per heavy atom. The van der Waals surface area contributed by atoms with E-state index in [0.717, 1.165) is 12.1 Å². The Balaban J connectivity index is 2.12. The van der Waals surface area contributed by atoms with Gasteiger partial charge in [0, 0.05) is 13.6 Å². The normalized spacial score (nSPS) is 10.6. The molecule has 0 saturated heterocycles. The molecule has 1 aromatic carbocycles. The molecule has 2 nitrogen and oxygen atoms in total. The molecule has 2 rings (SSSR count). The molecule has 18 heavy (non-hydrogen) atoms. The van der Waals surface area contributed by atoms with Gasteiger partial charge in [0.25, 0.3) is 0 Å². The first-order valence-corrected chi connectivity index (χ1v) is 6.85. The van der Waals surface area contributed by atoms with Gasteiger partial charge in [-0.1, -0.05) is 6.07 Å². The van der Waals surface area contributed by atoms with Gasteiger partial charge in [-0.15, -0.1) is 0 Å². The average Bonchev–Trinajstić information content (AvgIpc) is 2.82. The summed E-state index contributed by atoms with van der Waals surface area (Å²) < 4.78 is 14.0. The lowest BCUT2D eigenvalue weighted by atomic mass is 10.1. The SMILES string of the molecule is CN(Cc1ccsc1)c1ccc(CCN)cc1F. The van der Waals surface area contributed by atoms with Crippen molar-refractivity contribution in [3.63, 3.8) is 0 Å². The third-order valence-corrected chi connectivity index (χ3v) is 3.59. The first-order chi connectivity index (χ1) is 8.70. The molecule has 0 fully saturated rings. The number of nitrogens with two attached hydrogens (primary N) is 1. The molecule has 1 aromatic heterocycles. The van der Waals surface area contributed by atoms with Crippen molar-refractivity contribution < 1.29 is 4.39 Å². The van der Waals surface area contributed by atoms with E-state index in [9.17, 15) is 4.39 Å². The summed E-state index contributed by atoms with van der Waals surface area (Å²) in [6.07, 6.45) is 0.714. The molecule has 0 spiro atoms. The summed E-state index contributed by atoms with van der Waals surface area (Å²) in [7, 11) is 1.90. The van der Waals surface area contributed by atoms with Crippen LogP contribution in [0, 0.1) is 5.82 Å². The highest BCUT2D eigenvalue weighted by molar-refractivity contribution is 7.07. The topological polar surface area (TPSA) is 29.3 Å². The third-order valence-electron chi connectivity index (χ3n) is 2.86. The van der Waals surface area contributed by atoms with Crippen molar-refractivity contribution in [3.05, 3.63) is 52.0 Å². The molecule has 0 bridgehead atoms. The summed E-state index contributed by atoms with van der Waals surface area (Å²) >= 11 is 1.66. The number of benzene rings is 1. The molecule has 4 heteroatoms. The number of hydrogen-bond acceptors (Lipinski definition) is 3. The maximum atomic E-state index is 14.0. The maximum absolute atomic E-state index is 14.0. The standard InChI is InChI=1S/C14H17FN2S/c1-17(9-12-5-7-18-10-12)14-3-2-11(4-6-16)8-13(14)15/h2-3,5,7-8,10H,4,6,9,16H2,1H3. The van der Waals surface area contributed by atoms with Gasteiger partial charge in [0.2, 0.25) is 0 Å². The molecule has 96 valence electrons. The molecule has 1 heterocycles. The fraction of sp³-hybridized carbons (Fsp3) is 0.286. The second-order valence-electron chi connectivity index (χ2n) is 4.31. The molecule has 0 atom stereocenters. The predicted octanol–water partition coefficient (Wildman–Crippen LogP) is 3.02. The predicted molar refractivity (Wildman–Crippen MR) is 75.6 cm³/mol. The second-order valence-corrected chi connectivity index (χ2v) is 5.09. The van der Waals surface area contributed by atoms with E-state index in [1.54, 1.807) is 17.4 Å². The van der Waals surface area contributed by atoms with Gasteiger partial charge >= 0.3 is 0 Å². The van der Waals surface area contributed by atoms with Crippen LogP contribution < -0.4 is 10.6 Å². The Labute approximate surface area is 111 Å². The summed E-state index contributed by atoms with van der Waals surface area (Å²) in [6, 6.07) is 7.40. The average molecular weight is 264 g/mol. The second kappa shape index (κ2) is 5.98. The van der Waals surface area contributed by atoms with Gasteiger partial charge in [-0.05, 0) is 53.1 Å². The van der Waals surface area contributed by atoms with E-state index in [1.165, 1.54) is 5.56 Å². The Morgan fingerprint density at radius 2 is 2.11 bits per heavy atom. The highest BCUT2D eigenvalue weighted by atomic mass is 32.1. The van der Waals surface area contributed by atoms with Crippen LogP contribution in [0.2, 0.25) is 0 Å². The summed E-state index contributed by atoms with van der Waals surface area (Å²) in [4.78, 5) is 1.92. The number of nitrogens with zero attached hydrogens (tertiary/aromatic N) is 1. The lowest BCUT2D eigenvalue weighted by Crippen LogP contribution is -2.17. The number of hydrogen-bond donors (Lipinski definition) is 1. The Bertz CT molecular complexity index is 497. The van der Waals surface area contributed by atoms with Crippen molar-refractivity contribution in [1.29, 1.82) is 0 Å². The molecule has 0 unspecified atom stereocenters. The number of anilines is 1. The van der Waals surface area contributed by atoms with Crippen LogP contribution in [0.4, 0.5) is 10.1 Å². The van der Waals surface area contributed by atoms with E-state index < -0.39 is 0 Å². The van der Waals surface area contributed by atoms with Crippen LogP contribution in [0.25, 0.3) is 0 Å². The Morgan fingerprint density at radius 1 is 1.28 bits per heavy atom. The monoisotopic (exact) mass is 264 g/mol. The summed E-state index contributed by atoms with van der Waals surface area (Å²) in [5, 5.41) is 4.11. The number of thiophene rings is 1. The first kappa shape index (κ1) is 13.1. The van der Waals surface area contributed by atoms with E-state index >= 15 is 0 Å². The maximum Gasteiger partial charge on any atom is 0.146 e. The highest BCUT2D eigenvalue weighted by Crippen LogP contribution is 2.22. The largest absolute Gasteiger partial charge is 0.368 e. The van der Waals surface area contributed by atoms with Gasteiger partial charge in [-0.25, -0.2) is 4.39 Å². The smallest absolute Gasteiger partial charge is 0.146 e. The highest BCUT2D eigenvalue weighted by Gasteiger charge is 2.09. The van der Waals surface area contributed by atoms with E-state index in [4.69, 9.17) is 5.73 Å². The third kappa shape index (κ3) is 3.09. The minimum Gasteiger partial charge on any atom is -0.368 e. The van der Waals surface area contributed by atoms with Crippen LogP contribution in [0.5, 0.6) is 0 Å². The van der Waals surface area contributed by atoms with Crippen molar-refractivity contribution in [2.75, 3.05) is 18.5 Å². The molecule has 0 aliphatic heterocycles. The van der Waals surface area contributed by atoms with Gasteiger partial charge in [-0.3, -0.25) is 0 Å². The molecule has 0 aliphatic carbocycles. The van der Waals surface area contributed by atoms with Crippen LogP contribution >= 0.6 is 11.3 Å². The number of halogens is 1. The van der Waals surface area contributed by atoms with Crippen molar-refractivity contribution in [2.24, 2.45) is 5.73 Å². The van der Waals surface area contributed by atoms with Gasteiger partial charge in [0.1, 0.15) is 5.82 Å². The Kier molecular flexibility index (Phi) is 4.33. The molecule has 0 radical (unpaired) electrons. The van der Waals surface area contributed by atoms with Crippen LogP contribution in [0.3, 0.4) is 0 Å². The van der Waals surface area contributed by atoms with Gasteiger partial charge in [0.15, 0.2) is 0 Å². The van der Waals surface area contributed by atoms with Crippen molar-refractivity contribution >= 4 is 17.0 Å². The fourth-order valence-corrected chi connectivity index (χ4v) is 2.58. The zero-order valence-electron chi connectivity index (χ0n) is 10.4. The molecular formula is C14H17FN2S. The van der Waals surface area contributed by atoms with Crippen LogP contribution in [0.15, 0.2) is 35.0 Å². The summed E-state index contributed by atoms with van der Waals surface area (Å²) in [5.41, 5.74) is 8.24. The van der Waals surface area contributed by atoms with Gasteiger partial charge in [0.05, 0.1) is 5.69 Å². The van der Waals surface area contributed by atoms with Crippen molar-refractivity contribution in [1.82, 2.24) is 0 Å². The zero-order chi connectivity index (χ0) is 13.0. The van der Waals surface area contributed by atoms with Gasteiger partial charge in [-0.2, -0.15) is 11.3 Å².